The van der Waals surface area contributed by atoms with E-state index in [4.69, 9.17) is 20.9 Å². The van der Waals surface area contributed by atoms with E-state index in [1.807, 2.05) is 13.8 Å². The maximum Gasteiger partial charge on any atom is 0.270 e. The Morgan fingerprint density at radius 2 is 1.10 bits per heavy atom. The number of hydrogen-bond acceptors (Lipinski definition) is 13. The van der Waals surface area contributed by atoms with Crippen LogP contribution < -0.4 is 20.9 Å². The maximum atomic E-state index is 15.2. The molecule has 0 aliphatic carbocycles. The van der Waals surface area contributed by atoms with Crippen molar-refractivity contribution >= 4 is 54.0 Å². The van der Waals surface area contributed by atoms with E-state index in [0.717, 1.165) is 46.7 Å². The zero-order valence-corrected chi connectivity index (χ0v) is 33.2. The summed E-state index contributed by atoms with van der Waals surface area (Å²) < 4.78 is 80.5. The first-order valence-corrected chi connectivity index (χ1v) is 21.9. The lowest BCUT2D eigenvalue weighted by molar-refractivity contribution is 0.0793. The van der Waals surface area contributed by atoms with Gasteiger partial charge in [0.25, 0.3) is 11.8 Å². The molecule has 2 atom stereocenters. The van der Waals surface area contributed by atoms with Gasteiger partial charge in [-0.1, -0.05) is 27.7 Å². The highest BCUT2D eigenvalue weighted by Gasteiger charge is 2.40. The molecule has 0 spiro atoms. The van der Waals surface area contributed by atoms with Gasteiger partial charge in [-0.25, -0.2) is 29.7 Å². The number of nitrogens with two attached hydrogens (primary N) is 2. The molecular formula is C34H52N6O9S3. The van der Waals surface area contributed by atoms with Crippen LogP contribution in [0.4, 0.5) is 11.4 Å². The summed E-state index contributed by atoms with van der Waals surface area (Å²) in [5.74, 6) is -2.28. The van der Waals surface area contributed by atoms with E-state index in [9.17, 15) is 26.4 Å². The second kappa shape index (κ2) is 17.1. The van der Waals surface area contributed by atoms with Crippen molar-refractivity contribution < 1.29 is 40.1 Å². The van der Waals surface area contributed by atoms with Crippen molar-refractivity contribution in [2.24, 2.45) is 0 Å². The number of anilines is 2. The van der Waals surface area contributed by atoms with Crippen LogP contribution in [-0.4, -0.2) is 128 Å². The third-order valence-corrected chi connectivity index (χ3v) is 14.9. The average molecular weight is 785 g/mol. The summed E-state index contributed by atoms with van der Waals surface area (Å²) >= 11 is -2.53. The van der Waals surface area contributed by atoms with Crippen LogP contribution in [0, 0.1) is 0 Å². The first kappa shape index (κ1) is 41.3. The van der Waals surface area contributed by atoms with Crippen molar-refractivity contribution in [3.63, 3.8) is 0 Å². The van der Waals surface area contributed by atoms with Crippen molar-refractivity contribution in [3.05, 3.63) is 35.4 Å². The van der Waals surface area contributed by atoms with Crippen molar-refractivity contribution in [2.45, 2.75) is 75.3 Å². The molecule has 18 heteroatoms. The number of sulfone groups is 2. The van der Waals surface area contributed by atoms with Crippen molar-refractivity contribution in [2.75, 3.05) is 76.5 Å². The molecule has 0 saturated carbocycles. The third-order valence-electron chi connectivity index (χ3n) is 9.95. The fourth-order valence-corrected chi connectivity index (χ4v) is 10.3. The van der Waals surface area contributed by atoms with Crippen LogP contribution in [0.15, 0.2) is 34.1 Å². The number of rotatable bonds is 16. The summed E-state index contributed by atoms with van der Waals surface area (Å²) in [6, 6.07) is 4.33. The summed E-state index contributed by atoms with van der Waals surface area (Å²) in [5, 5.41) is 0. The normalized spacial score (nSPS) is 19.0. The minimum Gasteiger partial charge on any atom is -0.496 e. The highest BCUT2D eigenvalue weighted by Crippen LogP contribution is 2.34. The van der Waals surface area contributed by atoms with E-state index in [1.54, 1.807) is 0 Å². The molecule has 2 aliphatic rings. The van der Waals surface area contributed by atoms with E-state index in [-0.39, 0.29) is 80.5 Å². The van der Waals surface area contributed by atoms with E-state index in [0.29, 0.717) is 25.9 Å². The second-order valence-corrected chi connectivity index (χ2v) is 18.6. The Balaban J connectivity index is 1.93. The van der Waals surface area contributed by atoms with Gasteiger partial charge < -0.3 is 20.9 Å². The van der Waals surface area contributed by atoms with Crippen molar-refractivity contribution in [1.29, 1.82) is 0 Å². The Labute approximate surface area is 310 Å². The van der Waals surface area contributed by atoms with Crippen molar-refractivity contribution in [3.8, 4) is 11.5 Å². The van der Waals surface area contributed by atoms with Crippen LogP contribution in [0.2, 0.25) is 0 Å². The zero-order chi connectivity index (χ0) is 38.5. The van der Waals surface area contributed by atoms with Gasteiger partial charge in [-0.15, -0.1) is 0 Å². The number of benzene rings is 2. The van der Waals surface area contributed by atoms with Crippen LogP contribution in [0.25, 0.3) is 0 Å². The van der Waals surface area contributed by atoms with E-state index >= 15 is 4.21 Å². The molecule has 2 saturated heterocycles. The number of nitrogen functional groups attached to an aromatic ring is 2. The van der Waals surface area contributed by atoms with Crippen molar-refractivity contribution in [1.82, 2.24) is 18.4 Å². The SMILES string of the molecule is CCN1CCCC1CN(C(=O)c1cc(S(=O)(=O)CC)c(N)cc1OC)S(=O)N(CC1CCCN1CC)C(=O)c1cc(S(=O)(=O)CC)c(N)cc1OC. The molecule has 290 valence electrons. The lowest BCUT2D eigenvalue weighted by Gasteiger charge is -2.35. The number of carbonyl (C=O) groups is 2. The molecule has 15 nitrogen and oxygen atoms in total. The van der Waals surface area contributed by atoms with Gasteiger partial charge in [0.05, 0.1) is 71.1 Å². The number of carbonyl (C=O) groups excluding carboxylic acids is 2. The van der Waals surface area contributed by atoms with E-state index < -0.39 is 42.7 Å². The van der Waals surface area contributed by atoms with Gasteiger partial charge in [-0.3, -0.25) is 19.4 Å². The Morgan fingerprint density at radius 1 is 0.731 bits per heavy atom. The van der Waals surface area contributed by atoms with Crippen LogP contribution in [-0.2, 0) is 30.8 Å². The summed E-state index contributed by atoms with van der Waals surface area (Å²) in [5.41, 5.74) is 11.6. The Kier molecular flexibility index (Phi) is 13.6. The smallest absolute Gasteiger partial charge is 0.270 e. The topological polar surface area (TPSA) is 203 Å². The van der Waals surface area contributed by atoms with E-state index in [1.165, 1.54) is 40.2 Å². The number of nitrogens with zero attached hydrogens (tertiary/aromatic N) is 4. The summed E-state index contributed by atoms with van der Waals surface area (Å²) in [6.07, 6.45) is 3.05. The van der Waals surface area contributed by atoms with Gasteiger partial charge in [0.15, 0.2) is 19.7 Å². The second-order valence-electron chi connectivity index (χ2n) is 12.8. The molecular weight excluding hydrogens is 733 g/mol. The van der Waals surface area contributed by atoms with Crippen LogP contribution >= 0.6 is 0 Å². The highest BCUT2D eigenvalue weighted by molar-refractivity contribution is 7.91. The molecule has 0 radical (unpaired) electrons. The van der Waals surface area contributed by atoms with E-state index in [2.05, 4.69) is 9.80 Å². The quantitative estimate of drug-likeness (QED) is 0.236. The fraction of sp³-hybridized carbons (Fsp3) is 0.588. The first-order chi connectivity index (χ1) is 24.6. The number of methoxy groups -OCH3 is 2. The fourth-order valence-electron chi connectivity index (χ4n) is 6.92. The Hall–Kier alpha value is -3.45. The lowest BCUT2D eigenvalue weighted by atomic mass is 10.1. The average Bonchev–Trinajstić information content (AvgIpc) is 3.80. The van der Waals surface area contributed by atoms with Gasteiger partial charge in [0.1, 0.15) is 11.5 Å². The molecule has 2 aliphatic heterocycles. The minimum absolute atomic E-state index is 0.0289. The lowest BCUT2D eigenvalue weighted by Crippen LogP contribution is -2.52. The molecule has 4 rings (SSSR count). The standard InChI is InChI=1S/C34H52N6O9S3/c1-7-37-15-11-13-23(37)21-39(33(41)25-17-31(51(44,45)9-3)27(35)19-29(25)48-5)50(43)40(22-24-14-12-16-38(24)8-2)34(42)26-18-32(52(46,47)10-4)28(36)20-30(26)49-6/h17-20,23-24H,7-16,21-22,35-36H2,1-6H3. The van der Waals surface area contributed by atoms with Gasteiger partial charge in [0, 0.05) is 24.2 Å². The predicted octanol–water partition coefficient (Wildman–Crippen LogP) is 2.59. The molecule has 2 fully saturated rings. The highest BCUT2D eigenvalue weighted by atomic mass is 32.2. The molecule has 2 heterocycles. The molecule has 2 amide bonds. The van der Waals surface area contributed by atoms with Gasteiger partial charge in [0.2, 0.25) is 11.2 Å². The Bertz CT molecular complexity index is 1760. The molecule has 2 aromatic carbocycles. The van der Waals surface area contributed by atoms with Gasteiger partial charge >= 0.3 is 0 Å². The van der Waals surface area contributed by atoms with Crippen LogP contribution in [0.1, 0.15) is 74.1 Å². The molecule has 0 bridgehead atoms. The van der Waals surface area contributed by atoms with Crippen LogP contribution in [0.3, 0.4) is 0 Å². The third kappa shape index (κ3) is 8.51. The number of ether oxygens (including phenoxy) is 2. The van der Waals surface area contributed by atoms with Gasteiger partial charge in [-0.2, -0.15) is 0 Å². The monoisotopic (exact) mass is 784 g/mol. The largest absolute Gasteiger partial charge is 0.496 e. The molecule has 0 aromatic heterocycles. The first-order valence-electron chi connectivity index (χ1n) is 17.5. The molecule has 52 heavy (non-hydrogen) atoms. The Morgan fingerprint density at radius 3 is 1.40 bits per heavy atom. The minimum atomic E-state index is -3.89. The maximum absolute atomic E-state index is 15.2. The molecule has 4 N–H and O–H groups in total. The zero-order valence-electron chi connectivity index (χ0n) is 30.8. The summed E-state index contributed by atoms with van der Waals surface area (Å²) in [7, 11) is -5.17. The number of hydrogen-bond donors (Lipinski definition) is 2. The predicted molar refractivity (Wildman–Crippen MR) is 201 cm³/mol. The molecule has 2 unspecified atom stereocenters. The number of likely N-dealkylation sites (tertiary alicyclic amines) is 2. The number of likely N-dealkylation sites (N-methyl/N-ethyl adjacent to an activating group) is 2. The molecule has 2 aromatic rings. The summed E-state index contributed by atoms with van der Waals surface area (Å²) in [4.78, 5) is 33.3. The van der Waals surface area contributed by atoms with Crippen LogP contribution in [0.5, 0.6) is 11.5 Å². The summed E-state index contributed by atoms with van der Waals surface area (Å²) in [6.45, 7) is 9.58. The number of amides is 2. The van der Waals surface area contributed by atoms with Gasteiger partial charge in [-0.05, 0) is 64.0 Å².